The Hall–Kier alpha value is -1.35. The summed E-state index contributed by atoms with van der Waals surface area (Å²) in [5.41, 5.74) is 3.84. The number of hydrogen-bond donors (Lipinski definition) is 2. The number of nitrogens with one attached hydrogen (secondary N) is 2. The molecule has 1 aromatic rings. The van der Waals surface area contributed by atoms with Crippen LogP contribution in [0.3, 0.4) is 0 Å². The van der Waals surface area contributed by atoms with Crippen molar-refractivity contribution in [2.45, 2.75) is 33.7 Å². The minimum Gasteiger partial charge on any atom is -0.356 e. The van der Waals surface area contributed by atoms with Crippen LogP contribution in [0.15, 0.2) is 18.2 Å². The van der Waals surface area contributed by atoms with E-state index in [4.69, 9.17) is 0 Å². The van der Waals surface area contributed by atoms with Crippen LogP contribution in [0.4, 0.5) is 0 Å². The van der Waals surface area contributed by atoms with E-state index in [-0.39, 0.29) is 5.91 Å². The Morgan fingerprint density at radius 1 is 1.18 bits per heavy atom. The first-order valence-corrected chi connectivity index (χ1v) is 6.16. The van der Waals surface area contributed by atoms with Gasteiger partial charge in [0.2, 0.25) is 5.91 Å². The molecule has 0 bridgehead atoms. The van der Waals surface area contributed by atoms with Crippen LogP contribution in [0.5, 0.6) is 0 Å². The second-order valence-electron chi connectivity index (χ2n) is 4.38. The number of aryl methyl sites for hydroxylation is 2. The van der Waals surface area contributed by atoms with Gasteiger partial charge in [-0.2, -0.15) is 0 Å². The van der Waals surface area contributed by atoms with E-state index in [1.807, 2.05) is 6.92 Å². The van der Waals surface area contributed by atoms with Crippen molar-refractivity contribution in [3.05, 3.63) is 34.9 Å². The van der Waals surface area contributed by atoms with E-state index in [0.29, 0.717) is 13.0 Å². The predicted octanol–water partition coefficient (Wildman–Crippen LogP) is 1.92. The van der Waals surface area contributed by atoms with Crippen molar-refractivity contribution >= 4 is 5.91 Å². The molecule has 1 amide bonds. The quantitative estimate of drug-likeness (QED) is 0.738. The first kappa shape index (κ1) is 13.7. The van der Waals surface area contributed by atoms with Crippen LogP contribution in [0, 0.1) is 13.8 Å². The standard InChI is InChI=1S/C14H22N2O/c1-4-16-14(17)5-6-15-10-13-8-11(2)7-12(3)9-13/h7-9,15H,4-6,10H2,1-3H3,(H,16,17). The van der Waals surface area contributed by atoms with Crippen molar-refractivity contribution in [3.63, 3.8) is 0 Å². The lowest BCUT2D eigenvalue weighted by atomic mass is 10.1. The summed E-state index contributed by atoms with van der Waals surface area (Å²) in [4.78, 5) is 11.2. The Bertz CT molecular complexity index is 354. The van der Waals surface area contributed by atoms with Crippen LogP contribution in [0.2, 0.25) is 0 Å². The average Bonchev–Trinajstić information content (AvgIpc) is 2.23. The van der Waals surface area contributed by atoms with Gasteiger partial charge >= 0.3 is 0 Å². The lowest BCUT2D eigenvalue weighted by molar-refractivity contribution is -0.120. The Balaban J connectivity index is 2.28. The van der Waals surface area contributed by atoms with Gasteiger partial charge in [0.25, 0.3) is 0 Å². The lowest BCUT2D eigenvalue weighted by Gasteiger charge is -2.07. The first-order chi connectivity index (χ1) is 8.11. The summed E-state index contributed by atoms with van der Waals surface area (Å²) in [5, 5.41) is 6.07. The summed E-state index contributed by atoms with van der Waals surface area (Å²) in [6.45, 7) is 8.38. The van der Waals surface area contributed by atoms with Crippen LogP contribution < -0.4 is 10.6 Å². The SMILES string of the molecule is CCNC(=O)CCNCc1cc(C)cc(C)c1. The van der Waals surface area contributed by atoms with E-state index in [1.54, 1.807) is 0 Å². The van der Waals surface area contributed by atoms with E-state index >= 15 is 0 Å². The van der Waals surface area contributed by atoms with Crippen molar-refractivity contribution in [1.82, 2.24) is 10.6 Å². The van der Waals surface area contributed by atoms with Gasteiger partial charge in [-0.15, -0.1) is 0 Å². The largest absolute Gasteiger partial charge is 0.356 e. The van der Waals surface area contributed by atoms with Gasteiger partial charge in [-0.25, -0.2) is 0 Å². The minimum absolute atomic E-state index is 0.112. The molecular weight excluding hydrogens is 212 g/mol. The molecule has 0 aromatic heterocycles. The minimum atomic E-state index is 0.112. The Kier molecular flexibility index (Phi) is 5.70. The van der Waals surface area contributed by atoms with Gasteiger partial charge in [-0.3, -0.25) is 4.79 Å². The van der Waals surface area contributed by atoms with Crippen molar-refractivity contribution < 1.29 is 4.79 Å². The molecule has 0 radical (unpaired) electrons. The van der Waals surface area contributed by atoms with Crippen molar-refractivity contribution in [3.8, 4) is 0 Å². The molecule has 0 spiro atoms. The van der Waals surface area contributed by atoms with Crippen LogP contribution in [-0.4, -0.2) is 19.0 Å². The van der Waals surface area contributed by atoms with Crippen LogP contribution in [-0.2, 0) is 11.3 Å². The molecule has 0 fully saturated rings. The van der Waals surface area contributed by atoms with Crippen molar-refractivity contribution in [1.29, 1.82) is 0 Å². The average molecular weight is 234 g/mol. The Morgan fingerprint density at radius 3 is 2.41 bits per heavy atom. The third-order valence-corrected chi connectivity index (χ3v) is 2.51. The van der Waals surface area contributed by atoms with Crippen LogP contribution >= 0.6 is 0 Å². The number of benzene rings is 1. The summed E-state index contributed by atoms with van der Waals surface area (Å²) < 4.78 is 0. The second-order valence-corrected chi connectivity index (χ2v) is 4.38. The topological polar surface area (TPSA) is 41.1 Å². The molecule has 3 nitrogen and oxygen atoms in total. The maximum Gasteiger partial charge on any atom is 0.221 e. The number of carbonyl (C=O) groups excluding carboxylic acids is 1. The number of carbonyl (C=O) groups is 1. The third-order valence-electron chi connectivity index (χ3n) is 2.51. The van der Waals surface area contributed by atoms with Crippen LogP contribution in [0.1, 0.15) is 30.0 Å². The maximum absolute atomic E-state index is 11.2. The summed E-state index contributed by atoms with van der Waals surface area (Å²) in [5.74, 6) is 0.112. The Labute approximate surface area is 104 Å². The fraction of sp³-hybridized carbons (Fsp3) is 0.500. The number of amides is 1. The van der Waals surface area contributed by atoms with Gasteiger partial charge < -0.3 is 10.6 Å². The molecule has 0 saturated carbocycles. The summed E-state index contributed by atoms with van der Waals surface area (Å²) in [6, 6.07) is 6.51. The van der Waals surface area contributed by atoms with E-state index in [1.165, 1.54) is 16.7 Å². The molecule has 94 valence electrons. The highest BCUT2D eigenvalue weighted by Crippen LogP contribution is 2.08. The molecule has 3 heteroatoms. The molecule has 2 N–H and O–H groups in total. The van der Waals surface area contributed by atoms with Gasteiger partial charge in [0, 0.05) is 26.1 Å². The second kappa shape index (κ2) is 7.07. The van der Waals surface area contributed by atoms with E-state index in [9.17, 15) is 4.79 Å². The lowest BCUT2D eigenvalue weighted by Crippen LogP contribution is -2.27. The molecule has 0 heterocycles. The van der Waals surface area contributed by atoms with Gasteiger partial charge in [-0.05, 0) is 26.3 Å². The first-order valence-electron chi connectivity index (χ1n) is 6.16. The molecule has 0 atom stereocenters. The summed E-state index contributed by atoms with van der Waals surface area (Å²) in [6.07, 6.45) is 0.540. The van der Waals surface area contributed by atoms with Crippen molar-refractivity contribution in [2.75, 3.05) is 13.1 Å². The molecule has 0 saturated heterocycles. The molecule has 1 aromatic carbocycles. The normalized spacial score (nSPS) is 10.3. The van der Waals surface area contributed by atoms with E-state index in [0.717, 1.165) is 13.1 Å². The summed E-state index contributed by atoms with van der Waals surface area (Å²) in [7, 11) is 0. The smallest absolute Gasteiger partial charge is 0.221 e. The van der Waals surface area contributed by atoms with Gasteiger partial charge in [-0.1, -0.05) is 29.3 Å². The fourth-order valence-electron chi connectivity index (χ4n) is 1.89. The highest BCUT2D eigenvalue weighted by atomic mass is 16.1. The molecule has 0 aliphatic heterocycles. The summed E-state index contributed by atoms with van der Waals surface area (Å²) >= 11 is 0. The molecule has 0 aliphatic rings. The number of rotatable bonds is 6. The monoisotopic (exact) mass is 234 g/mol. The van der Waals surface area contributed by atoms with Gasteiger partial charge in [0.1, 0.15) is 0 Å². The zero-order valence-electron chi connectivity index (χ0n) is 11.0. The molecule has 1 rings (SSSR count). The molecule has 0 unspecified atom stereocenters. The zero-order chi connectivity index (χ0) is 12.7. The van der Waals surface area contributed by atoms with Crippen molar-refractivity contribution in [2.24, 2.45) is 0 Å². The van der Waals surface area contributed by atoms with Gasteiger partial charge in [0.05, 0.1) is 0 Å². The van der Waals surface area contributed by atoms with E-state index in [2.05, 4.69) is 42.7 Å². The highest BCUT2D eigenvalue weighted by Gasteiger charge is 1.99. The van der Waals surface area contributed by atoms with E-state index < -0.39 is 0 Å². The zero-order valence-corrected chi connectivity index (χ0v) is 11.0. The highest BCUT2D eigenvalue weighted by molar-refractivity contribution is 5.75. The fourth-order valence-corrected chi connectivity index (χ4v) is 1.89. The molecule has 17 heavy (non-hydrogen) atoms. The Morgan fingerprint density at radius 2 is 1.82 bits per heavy atom. The third kappa shape index (κ3) is 5.50. The number of hydrogen-bond acceptors (Lipinski definition) is 2. The molecular formula is C14H22N2O. The predicted molar refractivity (Wildman–Crippen MR) is 70.9 cm³/mol. The van der Waals surface area contributed by atoms with Crippen LogP contribution in [0.25, 0.3) is 0 Å². The maximum atomic E-state index is 11.2. The van der Waals surface area contributed by atoms with Gasteiger partial charge in [0.15, 0.2) is 0 Å². The molecule has 0 aliphatic carbocycles.